The Bertz CT molecular complexity index is 337. The van der Waals surface area contributed by atoms with Crippen LogP contribution in [0.3, 0.4) is 0 Å². The summed E-state index contributed by atoms with van der Waals surface area (Å²) < 4.78 is 6.00. The fourth-order valence-corrected chi connectivity index (χ4v) is 4.34. The molecule has 102 valence electrons. The Morgan fingerprint density at radius 3 is 2.61 bits per heavy atom. The van der Waals surface area contributed by atoms with Gasteiger partial charge in [-0.1, -0.05) is 0 Å². The molecule has 2 heterocycles. The molecule has 3 heteroatoms. The van der Waals surface area contributed by atoms with E-state index >= 15 is 0 Å². The van der Waals surface area contributed by atoms with Gasteiger partial charge in [-0.15, -0.1) is 0 Å². The molecule has 0 aromatic heterocycles. The second-order valence-corrected chi connectivity index (χ2v) is 7.13. The predicted molar refractivity (Wildman–Crippen MR) is 69.4 cm³/mol. The van der Waals surface area contributed by atoms with Crippen molar-refractivity contribution < 1.29 is 9.84 Å². The summed E-state index contributed by atoms with van der Waals surface area (Å²) in [6, 6.07) is 0.802. The molecular formula is C15H25NO2. The molecule has 1 spiro atoms. The van der Waals surface area contributed by atoms with E-state index in [1.165, 1.54) is 32.1 Å². The Morgan fingerprint density at radius 2 is 1.94 bits per heavy atom. The van der Waals surface area contributed by atoms with E-state index in [9.17, 15) is 5.11 Å². The molecule has 2 atom stereocenters. The lowest BCUT2D eigenvalue weighted by Gasteiger charge is -2.50. The zero-order valence-electron chi connectivity index (χ0n) is 11.2. The highest BCUT2D eigenvalue weighted by Crippen LogP contribution is 2.49. The molecule has 0 amide bonds. The first-order valence-corrected chi connectivity index (χ1v) is 7.80. The number of ether oxygens (including phenoxy) is 1. The van der Waals surface area contributed by atoms with Crippen LogP contribution < -0.4 is 0 Å². The van der Waals surface area contributed by atoms with Crippen LogP contribution >= 0.6 is 0 Å². The molecule has 0 radical (unpaired) electrons. The first-order valence-electron chi connectivity index (χ1n) is 7.80. The van der Waals surface area contributed by atoms with Gasteiger partial charge < -0.3 is 9.84 Å². The van der Waals surface area contributed by atoms with Crippen LogP contribution in [0.5, 0.6) is 0 Å². The zero-order valence-corrected chi connectivity index (χ0v) is 11.2. The topological polar surface area (TPSA) is 32.7 Å². The molecule has 4 rings (SSSR count). The highest BCUT2D eigenvalue weighted by molar-refractivity contribution is 5.04. The molecule has 4 fully saturated rings. The Labute approximate surface area is 109 Å². The van der Waals surface area contributed by atoms with Gasteiger partial charge in [-0.2, -0.15) is 0 Å². The Hall–Kier alpha value is -0.120. The van der Waals surface area contributed by atoms with Crippen molar-refractivity contribution in [1.82, 2.24) is 4.90 Å². The van der Waals surface area contributed by atoms with E-state index < -0.39 is 5.60 Å². The summed E-state index contributed by atoms with van der Waals surface area (Å²) in [5, 5.41) is 11.0. The van der Waals surface area contributed by atoms with Crippen LogP contribution in [0.25, 0.3) is 0 Å². The average Bonchev–Trinajstić information content (AvgIpc) is 3.12. The standard InChI is InChI=1S/C15H25NO2/c17-15(7-8-16(11-15)13-2-3-13)12-4-9-18-14(10-12)5-1-6-14/h12-13,17H,1-11H2. The normalized spacial score (nSPS) is 44.2. The van der Waals surface area contributed by atoms with Gasteiger partial charge in [0.1, 0.15) is 0 Å². The van der Waals surface area contributed by atoms with Crippen LogP contribution in [0.1, 0.15) is 51.4 Å². The summed E-state index contributed by atoms with van der Waals surface area (Å²) in [5.74, 6) is 0.482. The first-order chi connectivity index (χ1) is 8.69. The van der Waals surface area contributed by atoms with Gasteiger partial charge >= 0.3 is 0 Å². The third kappa shape index (κ3) is 1.83. The molecule has 0 aromatic rings. The molecule has 0 aromatic carbocycles. The van der Waals surface area contributed by atoms with Crippen molar-refractivity contribution in [1.29, 1.82) is 0 Å². The van der Waals surface area contributed by atoms with Gasteiger partial charge in [-0.05, 0) is 57.3 Å². The van der Waals surface area contributed by atoms with Crippen molar-refractivity contribution in [3.8, 4) is 0 Å². The minimum atomic E-state index is -0.408. The molecule has 2 aliphatic carbocycles. The van der Waals surface area contributed by atoms with E-state index in [4.69, 9.17) is 4.74 Å². The summed E-state index contributed by atoms with van der Waals surface area (Å²) >= 11 is 0. The lowest BCUT2D eigenvalue weighted by molar-refractivity contribution is -0.173. The van der Waals surface area contributed by atoms with Gasteiger partial charge in [-0.25, -0.2) is 0 Å². The highest BCUT2D eigenvalue weighted by atomic mass is 16.5. The Balaban J connectivity index is 1.45. The monoisotopic (exact) mass is 251 g/mol. The summed E-state index contributed by atoms with van der Waals surface area (Å²) in [4.78, 5) is 2.53. The molecule has 2 unspecified atom stereocenters. The second kappa shape index (κ2) is 3.94. The lowest BCUT2D eigenvalue weighted by Crippen LogP contribution is -2.52. The summed E-state index contributed by atoms with van der Waals surface area (Å²) in [7, 11) is 0. The van der Waals surface area contributed by atoms with Crippen LogP contribution in [0.2, 0.25) is 0 Å². The number of β-amino-alcohol motifs (C(OH)–C–C–N with tert-alkyl or cyclic N) is 1. The molecule has 2 aliphatic heterocycles. The number of hydrogen-bond donors (Lipinski definition) is 1. The van der Waals surface area contributed by atoms with Crippen molar-refractivity contribution >= 4 is 0 Å². The maximum atomic E-state index is 11.0. The zero-order chi connectivity index (χ0) is 12.2. The molecule has 2 saturated carbocycles. The molecule has 3 nitrogen and oxygen atoms in total. The van der Waals surface area contributed by atoms with E-state index in [0.717, 1.165) is 45.0 Å². The average molecular weight is 251 g/mol. The fourth-order valence-electron chi connectivity index (χ4n) is 4.34. The quantitative estimate of drug-likeness (QED) is 0.814. The van der Waals surface area contributed by atoms with Crippen molar-refractivity contribution in [2.75, 3.05) is 19.7 Å². The number of aliphatic hydroxyl groups is 1. The fraction of sp³-hybridized carbons (Fsp3) is 1.00. The van der Waals surface area contributed by atoms with Gasteiger partial charge in [0.15, 0.2) is 0 Å². The summed E-state index contributed by atoms with van der Waals surface area (Å²) in [6.07, 6.45) is 9.65. The van der Waals surface area contributed by atoms with Crippen molar-refractivity contribution in [3.05, 3.63) is 0 Å². The van der Waals surface area contributed by atoms with Crippen molar-refractivity contribution in [2.45, 2.75) is 68.6 Å². The van der Waals surface area contributed by atoms with E-state index in [0.29, 0.717) is 5.92 Å². The van der Waals surface area contributed by atoms with Crippen LogP contribution in [0.4, 0.5) is 0 Å². The molecule has 0 bridgehead atoms. The third-order valence-electron chi connectivity index (χ3n) is 5.89. The van der Waals surface area contributed by atoms with Gasteiger partial charge in [-0.3, -0.25) is 4.90 Å². The largest absolute Gasteiger partial charge is 0.388 e. The molecular weight excluding hydrogens is 226 g/mol. The van der Waals surface area contributed by atoms with Crippen LogP contribution in [0.15, 0.2) is 0 Å². The molecule has 18 heavy (non-hydrogen) atoms. The van der Waals surface area contributed by atoms with Crippen LogP contribution in [-0.2, 0) is 4.74 Å². The predicted octanol–water partition coefficient (Wildman–Crippen LogP) is 1.93. The number of nitrogens with zero attached hydrogens (tertiary/aromatic N) is 1. The Kier molecular flexibility index (Phi) is 2.56. The summed E-state index contributed by atoms with van der Waals surface area (Å²) in [5.41, 5.74) is -0.236. The third-order valence-corrected chi connectivity index (χ3v) is 5.89. The number of hydrogen-bond acceptors (Lipinski definition) is 3. The number of likely N-dealkylation sites (tertiary alicyclic amines) is 1. The van der Waals surface area contributed by atoms with Gasteiger partial charge in [0, 0.05) is 25.7 Å². The van der Waals surface area contributed by atoms with Crippen molar-refractivity contribution in [3.63, 3.8) is 0 Å². The Morgan fingerprint density at radius 1 is 1.11 bits per heavy atom. The van der Waals surface area contributed by atoms with Crippen LogP contribution in [0, 0.1) is 5.92 Å². The van der Waals surface area contributed by atoms with E-state index in [2.05, 4.69) is 4.90 Å². The minimum absolute atomic E-state index is 0.172. The highest BCUT2D eigenvalue weighted by Gasteiger charge is 2.52. The molecule has 1 N–H and O–H groups in total. The maximum absolute atomic E-state index is 11.0. The summed E-state index contributed by atoms with van der Waals surface area (Å²) in [6.45, 7) is 2.92. The van der Waals surface area contributed by atoms with Gasteiger partial charge in [0.05, 0.1) is 11.2 Å². The first kappa shape index (κ1) is 11.7. The van der Waals surface area contributed by atoms with Gasteiger partial charge in [0.25, 0.3) is 0 Å². The SMILES string of the molecule is OC1(C2CCOC3(CCC3)C2)CCN(C2CC2)C1. The lowest BCUT2D eigenvalue weighted by atomic mass is 9.67. The minimum Gasteiger partial charge on any atom is -0.388 e. The van der Waals surface area contributed by atoms with E-state index in [1.807, 2.05) is 0 Å². The van der Waals surface area contributed by atoms with Crippen LogP contribution in [-0.4, -0.2) is 46.9 Å². The van der Waals surface area contributed by atoms with Gasteiger partial charge in [0.2, 0.25) is 0 Å². The smallest absolute Gasteiger partial charge is 0.0816 e. The van der Waals surface area contributed by atoms with E-state index in [1.54, 1.807) is 0 Å². The molecule has 2 saturated heterocycles. The molecule has 4 aliphatic rings. The van der Waals surface area contributed by atoms with E-state index in [-0.39, 0.29) is 5.60 Å². The maximum Gasteiger partial charge on any atom is 0.0816 e. The van der Waals surface area contributed by atoms with Crippen molar-refractivity contribution in [2.24, 2.45) is 5.92 Å². The number of rotatable bonds is 2. The second-order valence-electron chi connectivity index (χ2n) is 7.13.